The first-order chi connectivity index (χ1) is 9.31. The Morgan fingerprint density at radius 3 is 2.11 bits per heavy atom. The third kappa shape index (κ3) is 3.91. The van der Waals surface area contributed by atoms with Crippen molar-refractivity contribution in [2.45, 2.75) is 25.4 Å². The lowest BCUT2D eigenvalue weighted by molar-refractivity contribution is 0.225. The molecule has 19 heavy (non-hydrogen) atoms. The van der Waals surface area contributed by atoms with Crippen molar-refractivity contribution in [3.05, 3.63) is 71.8 Å². The average molecular weight is 255 g/mol. The quantitative estimate of drug-likeness (QED) is 0.832. The van der Waals surface area contributed by atoms with Crippen LogP contribution in [0.2, 0.25) is 0 Å². The lowest BCUT2D eigenvalue weighted by Crippen LogP contribution is -2.36. The van der Waals surface area contributed by atoms with Crippen molar-refractivity contribution in [3.63, 3.8) is 0 Å². The maximum atomic E-state index is 9.57. The molecule has 0 bridgehead atoms. The third-order valence-electron chi connectivity index (χ3n) is 3.54. The highest BCUT2D eigenvalue weighted by Gasteiger charge is 2.17. The Bertz CT molecular complexity index is 469. The van der Waals surface area contributed by atoms with Gasteiger partial charge in [0.05, 0.1) is 6.61 Å². The molecule has 2 heteroatoms. The lowest BCUT2D eigenvalue weighted by atomic mass is 9.93. The van der Waals surface area contributed by atoms with Gasteiger partial charge in [-0.25, -0.2) is 0 Å². The molecule has 0 saturated heterocycles. The minimum absolute atomic E-state index is 0.0719. The van der Waals surface area contributed by atoms with Crippen LogP contribution in [0.25, 0.3) is 0 Å². The van der Waals surface area contributed by atoms with E-state index < -0.39 is 0 Å². The first-order valence-electron chi connectivity index (χ1n) is 6.74. The molecule has 2 aromatic carbocycles. The fourth-order valence-electron chi connectivity index (χ4n) is 2.23. The molecule has 0 saturated carbocycles. The fraction of sp³-hybridized carbons (Fsp3) is 0.294. The van der Waals surface area contributed by atoms with Gasteiger partial charge < -0.3 is 10.4 Å². The van der Waals surface area contributed by atoms with Crippen molar-refractivity contribution < 1.29 is 5.11 Å². The van der Waals surface area contributed by atoms with Gasteiger partial charge in [-0.2, -0.15) is 0 Å². The van der Waals surface area contributed by atoms with Gasteiger partial charge in [-0.3, -0.25) is 0 Å². The smallest absolute Gasteiger partial charge is 0.0590 e. The lowest BCUT2D eigenvalue weighted by Gasteiger charge is -2.24. The van der Waals surface area contributed by atoms with Crippen molar-refractivity contribution >= 4 is 0 Å². The van der Waals surface area contributed by atoms with E-state index in [4.69, 9.17) is 0 Å². The monoisotopic (exact) mass is 255 g/mol. The zero-order valence-electron chi connectivity index (χ0n) is 11.3. The molecule has 2 atom stereocenters. The first-order valence-corrected chi connectivity index (χ1v) is 6.74. The molecule has 100 valence electrons. The summed E-state index contributed by atoms with van der Waals surface area (Å²) in [6, 6.07) is 20.6. The number of nitrogens with one attached hydrogen (secondary N) is 1. The van der Waals surface area contributed by atoms with Crippen LogP contribution in [0.15, 0.2) is 60.7 Å². The minimum atomic E-state index is 0.0719. The number of hydrogen-bond donors (Lipinski definition) is 2. The van der Waals surface area contributed by atoms with Gasteiger partial charge in [0.1, 0.15) is 0 Å². The summed E-state index contributed by atoms with van der Waals surface area (Å²) in [6.07, 6.45) is 0. The number of benzene rings is 2. The summed E-state index contributed by atoms with van der Waals surface area (Å²) in [7, 11) is 0. The van der Waals surface area contributed by atoms with Gasteiger partial charge in [0.25, 0.3) is 0 Å². The summed E-state index contributed by atoms with van der Waals surface area (Å²) in [5.74, 6) is 0.287. The predicted molar refractivity (Wildman–Crippen MR) is 79.0 cm³/mol. The maximum Gasteiger partial charge on any atom is 0.0590 e. The zero-order chi connectivity index (χ0) is 13.5. The Labute approximate surface area is 115 Å². The Morgan fingerprint density at radius 2 is 1.53 bits per heavy atom. The summed E-state index contributed by atoms with van der Waals surface area (Å²) in [5.41, 5.74) is 2.49. The van der Waals surface area contributed by atoms with Crippen LogP contribution in [0, 0.1) is 0 Å². The molecule has 2 aromatic rings. The van der Waals surface area contributed by atoms with E-state index in [1.807, 2.05) is 36.4 Å². The number of aliphatic hydroxyl groups is 1. The molecule has 0 aliphatic heterocycles. The van der Waals surface area contributed by atoms with Crippen molar-refractivity contribution in [1.82, 2.24) is 5.32 Å². The molecule has 0 aromatic heterocycles. The Kier molecular flexibility index (Phi) is 5.13. The molecule has 0 amide bonds. The summed E-state index contributed by atoms with van der Waals surface area (Å²) >= 11 is 0. The van der Waals surface area contributed by atoms with Gasteiger partial charge in [0.2, 0.25) is 0 Å². The fourth-order valence-corrected chi connectivity index (χ4v) is 2.23. The van der Waals surface area contributed by atoms with Crippen LogP contribution in [0.1, 0.15) is 24.0 Å². The minimum Gasteiger partial charge on any atom is -0.395 e. The Hall–Kier alpha value is -1.64. The molecule has 2 unspecified atom stereocenters. The van der Waals surface area contributed by atoms with Crippen molar-refractivity contribution in [1.29, 1.82) is 0 Å². The number of hydrogen-bond acceptors (Lipinski definition) is 2. The highest BCUT2D eigenvalue weighted by atomic mass is 16.3. The second-order valence-corrected chi connectivity index (χ2v) is 4.85. The molecule has 0 aliphatic carbocycles. The molecular weight excluding hydrogens is 234 g/mol. The molecule has 2 nitrogen and oxygen atoms in total. The van der Waals surface area contributed by atoms with E-state index in [1.54, 1.807) is 0 Å². The van der Waals surface area contributed by atoms with Crippen LogP contribution in [-0.4, -0.2) is 17.8 Å². The highest BCUT2D eigenvalue weighted by molar-refractivity contribution is 5.21. The van der Waals surface area contributed by atoms with Gasteiger partial charge in [-0.1, -0.05) is 67.6 Å². The number of aliphatic hydroxyl groups excluding tert-OH is 1. The van der Waals surface area contributed by atoms with E-state index in [0.717, 1.165) is 6.54 Å². The summed E-state index contributed by atoms with van der Waals surface area (Å²) in [5, 5.41) is 13.0. The van der Waals surface area contributed by atoms with Crippen LogP contribution >= 0.6 is 0 Å². The van der Waals surface area contributed by atoms with E-state index in [0.29, 0.717) is 0 Å². The third-order valence-corrected chi connectivity index (χ3v) is 3.54. The molecular formula is C17H21NO. The Morgan fingerprint density at radius 1 is 0.947 bits per heavy atom. The van der Waals surface area contributed by atoms with E-state index in [9.17, 15) is 5.11 Å². The maximum absolute atomic E-state index is 9.57. The van der Waals surface area contributed by atoms with Crippen LogP contribution in [0.4, 0.5) is 0 Å². The van der Waals surface area contributed by atoms with E-state index in [1.165, 1.54) is 11.1 Å². The standard InChI is InChI=1S/C17H21NO/c1-14(16-10-6-3-7-11-16)17(13-19)18-12-15-8-4-2-5-9-15/h2-11,14,17-19H,12-13H2,1H3. The second kappa shape index (κ2) is 7.07. The van der Waals surface area contributed by atoms with Crippen LogP contribution in [-0.2, 0) is 6.54 Å². The largest absolute Gasteiger partial charge is 0.395 e. The van der Waals surface area contributed by atoms with E-state index >= 15 is 0 Å². The van der Waals surface area contributed by atoms with E-state index in [-0.39, 0.29) is 18.6 Å². The molecule has 2 N–H and O–H groups in total. The topological polar surface area (TPSA) is 32.3 Å². The molecule has 0 fully saturated rings. The predicted octanol–water partition coefficient (Wildman–Crippen LogP) is 2.94. The van der Waals surface area contributed by atoms with Crippen molar-refractivity contribution in [2.24, 2.45) is 0 Å². The molecule has 0 aliphatic rings. The van der Waals surface area contributed by atoms with Gasteiger partial charge in [0.15, 0.2) is 0 Å². The number of rotatable bonds is 6. The molecule has 0 radical (unpaired) electrons. The van der Waals surface area contributed by atoms with Gasteiger partial charge in [0, 0.05) is 12.6 Å². The SMILES string of the molecule is CC(c1ccccc1)C(CO)NCc1ccccc1. The van der Waals surface area contributed by atoms with Gasteiger partial charge >= 0.3 is 0 Å². The van der Waals surface area contributed by atoms with Crippen molar-refractivity contribution in [3.8, 4) is 0 Å². The second-order valence-electron chi connectivity index (χ2n) is 4.85. The molecule has 0 spiro atoms. The average Bonchev–Trinajstić information content (AvgIpc) is 2.49. The summed E-state index contributed by atoms with van der Waals surface area (Å²) in [4.78, 5) is 0. The van der Waals surface area contributed by atoms with Crippen LogP contribution in [0.3, 0.4) is 0 Å². The van der Waals surface area contributed by atoms with Crippen molar-refractivity contribution in [2.75, 3.05) is 6.61 Å². The molecule has 2 rings (SSSR count). The summed E-state index contributed by atoms with van der Waals surface area (Å²) in [6.45, 7) is 3.07. The van der Waals surface area contributed by atoms with Gasteiger partial charge in [-0.15, -0.1) is 0 Å². The zero-order valence-corrected chi connectivity index (χ0v) is 11.3. The first kappa shape index (κ1) is 13.8. The highest BCUT2D eigenvalue weighted by Crippen LogP contribution is 2.19. The van der Waals surface area contributed by atoms with E-state index in [2.05, 4.69) is 36.5 Å². The Balaban J connectivity index is 1.97. The normalized spacial score (nSPS) is 14.0. The summed E-state index contributed by atoms with van der Waals surface area (Å²) < 4.78 is 0. The van der Waals surface area contributed by atoms with Crippen LogP contribution in [0.5, 0.6) is 0 Å². The van der Waals surface area contributed by atoms with Gasteiger partial charge in [-0.05, 0) is 17.0 Å². The molecule has 0 heterocycles. The van der Waals surface area contributed by atoms with Crippen LogP contribution < -0.4 is 5.32 Å².